The van der Waals surface area contributed by atoms with Gasteiger partial charge in [0.05, 0.1) is 18.0 Å². The minimum absolute atomic E-state index is 0.108. The summed E-state index contributed by atoms with van der Waals surface area (Å²) in [5.74, 6) is 2.07. The van der Waals surface area contributed by atoms with Crippen molar-refractivity contribution in [2.75, 3.05) is 23.7 Å². The molecule has 86 valence electrons. The van der Waals surface area contributed by atoms with E-state index in [1.807, 2.05) is 12.1 Å². The Balaban J connectivity index is 1.76. The number of anilines is 2. The highest BCUT2D eigenvalue weighted by molar-refractivity contribution is 5.46. The molecule has 1 saturated carbocycles. The third-order valence-corrected chi connectivity index (χ3v) is 3.91. The molecule has 4 nitrogen and oxygen atoms in total. The minimum Gasteiger partial charge on any atom is -0.397 e. The van der Waals surface area contributed by atoms with Gasteiger partial charge in [-0.3, -0.25) is 0 Å². The number of nitrogens with zero attached hydrogens (tertiary/aromatic N) is 2. The zero-order valence-electron chi connectivity index (χ0n) is 9.21. The molecule has 3 unspecified atom stereocenters. The first-order valence-corrected chi connectivity index (χ1v) is 5.88. The monoisotopic (exact) mass is 219 g/mol. The number of fused-ring (bicyclic) bond motifs is 1. The highest BCUT2D eigenvalue weighted by Gasteiger charge is 2.42. The van der Waals surface area contributed by atoms with Crippen LogP contribution >= 0.6 is 0 Å². The number of aromatic nitrogens is 1. The second-order valence-corrected chi connectivity index (χ2v) is 4.92. The normalized spacial score (nSPS) is 33.1. The van der Waals surface area contributed by atoms with Crippen LogP contribution in [0, 0.1) is 11.8 Å². The molecule has 3 rings (SSSR count). The van der Waals surface area contributed by atoms with Gasteiger partial charge in [-0.25, -0.2) is 4.98 Å². The van der Waals surface area contributed by atoms with Crippen LogP contribution in [0.25, 0.3) is 0 Å². The smallest absolute Gasteiger partial charge is 0.128 e. The summed E-state index contributed by atoms with van der Waals surface area (Å²) < 4.78 is 0. The standard InChI is InChI=1S/C12H17N3O/c13-9-2-4-12(14-5-9)15-6-8-1-3-11(16)10(8)7-15/h2,4-5,8,10-11,16H,1,3,6-7,13H2. The summed E-state index contributed by atoms with van der Waals surface area (Å²) in [4.78, 5) is 6.59. The Labute approximate surface area is 95.1 Å². The Kier molecular flexibility index (Phi) is 2.24. The first-order valence-electron chi connectivity index (χ1n) is 5.88. The molecule has 2 heterocycles. The van der Waals surface area contributed by atoms with E-state index < -0.39 is 0 Å². The van der Waals surface area contributed by atoms with Crippen molar-refractivity contribution in [1.29, 1.82) is 0 Å². The number of aliphatic hydroxyl groups is 1. The summed E-state index contributed by atoms with van der Waals surface area (Å²) >= 11 is 0. The van der Waals surface area contributed by atoms with Gasteiger partial charge in [-0.1, -0.05) is 0 Å². The van der Waals surface area contributed by atoms with Gasteiger partial charge in [-0.15, -0.1) is 0 Å². The molecule has 1 saturated heterocycles. The number of nitrogen functional groups attached to an aromatic ring is 1. The molecular formula is C12H17N3O. The zero-order chi connectivity index (χ0) is 11.1. The van der Waals surface area contributed by atoms with Crippen molar-refractivity contribution in [3.8, 4) is 0 Å². The van der Waals surface area contributed by atoms with Crippen LogP contribution in [0.3, 0.4) is 0 Å². The van der Waals surface area contributed by atoms with Gasteiger partial charge in [0.25, 0.3) is 0 Å². The fourth-order valence-electron chi connectivity index (χ4n) is 3.01. The maximum atomic E-state index is 9.84. The molecule has 3 atom stereocenters. The lowest BCUT2D eigenvalue weighted by Crippen LogP contribution is -2.25. The van der Waals surface area contributed by atoms with Gasteiger partial charge in [-0.05, 0) is 30.9 Å². The van der Waals surface area contributed by atoms with Crippen LogP contribution in [0.1, 0.15) is 12.8 Å². The van der Waals surface area contributed by atoms with Crippen LogP contribution in [-0.4, -0.2) is 29.3 Å². The Morgan fingerprint density at radius 3 is 2.88 bits per heavy atom. The number of rotatable bonds is 1. The number of aliphatic hydroxyl groups excluding tert-OH is 1. The lowest BCUT2D eigenvalue weighted by molar-refractivity contribution is 0.133. The Bertz CT molecular complexity index is 378. The summed E-state index contributed by atoms with van der Waals surface area (Å²) in [7, 11) is 0. The van der Waals surface area contributed by atoms with Gasteiger partial charge < -0.3 is 15.7 Å². The number of nitrogens with two attached hydrogens (primary N) is 1. The van der Waals surface area contributed by atoms with Crippen molar-refractivity contribution < 1.29 is 5.11 Å². The van der Waals surface area contributed by atoms with Crippen molar-refractivity contribution in [3.05, 3.63) is 18.3 Å². The van der Waals surface area contributed by atoms with Gasteiger partial charge in [0.15, 0.2) is 0 Å². The summed E-state index contributed by atoms with van der Waals surface area (Å²) in [5, 5.41) is 9.84. The largest absolute Gasteiger partial charge is 0.397 e. The van der Waals surface area contributed by atoms with Crippen LogP contribution in [-0.2, 0) is 0 Å². The molecule has 1 aliphatic carbocycles. The summed E-state index contributed by atoms with van der Waals surface area (Å²) in [6.07, 6.45) is 3.71. The maximum absolute atomic E-state index is 9.84. The van der Waals surface area contributed by atoms with Crippen molar-refractivity contribution in [3.63, 3.8) is 0 Å². The highest BCUT2D eigenvalue weighted by atomic mass is 16.3. The fourth-order valence-corrected chi connectivity index (χ4v) is 3.01. The Morgan fingerprint density at radius 2 is 2.19 bits per heavy atom. The van der Waals surface area contributed by atoms with E-state index >= 15 is 0 Å². The highest BCUT2D eigenvalue weighted by Crippen LogP contribution is 2.39. The third-order valence-electron chi connectivity index (χ3n) is 3.91. The molecular weight excluding hydrogens is 202 g/mol. The van der Waals surface area contributed by atoms with Crippen molar-refractivity contribution in [2.45, 2.75) is 18.9 Å². The predicted molar refractivity (Wildman–Crippen MR) is 63.1 cm³/mol. The fraction of sp³-hybridized carbons (Fsp3) is 0.583. The van der Waals surface area contributed by atoms with E-state index in [-0.39, 0.29) is 6.10 Å². The van der Waals surface area contributed by atoms with E-state index in [4.69, 9.17) is 5.73 Å². The molecule has 1 aromatic rings. The average Bonchev–Trinajstić information content (AvgIpc) is 2.83. The summed E-state index contributed by atoms with van der Waals surface area (Å²) in [6, 6.07) is 3.84. The average molecular weight is 219 g/mol. The third kappa shape index (κ3) is 1.53. The van der Waals surface area contributed by atoms with Crippen molar-refractivity contribution in [1.82, 2.24) is 4.98 Å². The second kappa shape index (κ2) is 3.63. The molecule has 0 amide bonds. The molecule has 2 aliphatic rings. The molecule has 0 radical (unpaired) electrons. The van der Waals surface area contributed by atoms with Crippen LogP contribution < -0.4 is 10.6 Å². The van der Waals surface area contributed by atoms with Crippen molar-refractivity contribution in [2.24, 2.45) is 11.8 Å². The van der Waals surface area contributed by atoms with Crippen molar-refractivity contribution >= 4 is 11.5 Å². The quantitative estimate of drug-likeness (QED) is 0.735. The SMILES string of the molecule is Nc1ccc(N2CC3CCC(O)C3C2)nc1. The Morgan fingerprint density at radius 1 is 1.31 bits per heavy atom. The van der Waals surface area contributed by atoms with Crippen LogP contribution in [0.5, 0.6) is 0 Å². The molecule has 0 aromatic carbocycles. The lowest BCUT2D eigenvalue weighted by atomic mass is 10.00. The first-order chi connectivity index (χ1) is 7.74. The van der Waals surface area contributed by atoms with Gasteiger partial charge in [0.1, 0.15) is 5.82 Å². The number of pyridine rings is 1. The van der Waals surface area contributed by atoms with Crippen LogP contribution in [0.4, 0.5) is 11.5 Å². The van der Waals surface area contributed by atoms with Crippen LogP contribution in [0.2, 0.25) is 0 Å². The zero-order valence-corrected chi connectivity index (χ0v) is 9.21. The maximum Gasteiger partial charge on any atom is 0.128 e. The molecule has 1 aliphatic heterocycles. The molecule has 2 fully saturated rings. The molecule has 3 N–H and O–H groups in total. The van der Waals surface area contributed by atoms with Gasteiger partial charge in [0, 0.05) is 19.0 Å². The number of hydrogen-bond acceptors (Lipinski definition) is 4. The number of hydrogen-bond donors (Lipinski definition) is 2. The molecule has 0 bridgehead atoms. The molecule has 4 heteroatoms. The van der Waals surface area contributed by atoms with E-state index in [9.17, 15) is 5.11 Å². The molecule has 16 heavy (non-hydrogen) atoms. The van der Waals surface area contributed by atoms with Gasteiger partial charge in [-0.2, -0.15) is 0 Å². The molecule has 1 aromatic heterocycles. The predicted octanol–water partition coefficient (Wildman–Crippen LogP) is 0.871. The van der Waals surface area contributed by atoms with E-state index in [2.05, 4.69) is 9.88 Å². The van der Waals surface area contributed by atoms with Gasteiger partial charge in [0.2, 0.25) is 0 Å². The van der Waals surface area contributed by atoms with E-state index in [0.29, 0.717) is 17.5 Å². The van der Waals surface area contributed by atoms with E-state index in [1.165, 1.54) is 0 Å². The topological polar surface area (TPSA) is 62.4 Å². The summed E-state index contributed by atoms with van der Waals surface area (Å²) in [5.41, 5.74) is 6.32. The van der Waals surface area contributed by atoms with E-state index in [1.54, 1.807) is 6.20 Å². The molecule has 0 spiro atoms. The Hall–Kier alpha value is -1.29. The van der Waals surface area contributed by atoms with Crippen LogP contribution in [0.15, 0.2) is 18.3 Å². The summed E-state index contributed by atoms with van der Waals surface area (Å²) in [6.45, 7) is 1.96. The first kappa shape index (κ1) is 9.90. The second-order valence-electron chi connectivity index (χ2n) is 4.92. The van der Waals surface area contributed by atoms with Gasteiger partial charge >= 0.3 is 0 Å². The van der Waals surface area contributed by atoms with E-state index in [0.717, 1.165) is 31.7 Å². The minimum atomic E-state index is -0.108. The lowest BCUT2D eigenvalue weighted by Gasteiger charge is -2.19.